The van der Waals surface area contributed by atoms with Gasteiger partial charge in [-0.2, -0.15) is 0 Å². The number of hydrogen-bond acceptors (Lipinski definition) is 5. The van der Waals surface area contributed by atoms with E-state index in [9.17, 15) is 4.79 Å². The number of likely N-dealkylation sites (tertiary alicyclic amines) is 1. The minimum atomic E-state index is -0.0887. The summed E-state index contributed by atoms with van der Waals surface area (Å²) in [7, 11) is 1.69. The number of carbonyl (C=O) groups excluding carboxylic acids is 1. The quantitative estimate of drug-likeness (QED) is 0.490. The molecule has 2 aliphatic heterocycles. The van der Waals surface area contributed by atoms with Gasteiger partial charge in [-0.05, 0) is 65.3 Å². The lowest BCUT2D eigenvalue weighted by atomic mass is 9.83. The lowest BCUT2D eigenvalue weighted by Gasteiger charge is -2.37. The molecule has 2 atom stereocenters. The first-order valence-corrected chi connectivity index (χ1v) is 12.7. The van der Waals surface area contributed by atoms with E-state index >= 15 is 0 Å². The van der Waals surface area contributed by atoms with E-state index in [-0.39, 0.29) is 18.6 Å². The van der Waals surface area contributed by atoms with E-state index in [1.54, 1.807) is 7.11 Å². The van der Waals surface area contributed by atoms with Crippen LogP contribution in [0.4, 0.5) is 0 Å². The standard InChI is InChI=1S/C30H34N2O4/c1-3-21-7-10-24(11-8-21)25-15-26(19-32(18-25)17-23-5-4-6-27(13-23)34-2)30(33)31-16-22-9-12-28-29(14-22)36-20-35-28/h4-14,25-26H,3,15-20H2,1-2H3,(H,31,33). The molecular formula is C30H34N2O4. The van der Waals surface area contributed by atoms with Gasteiger partial charge in [0, 0.05) is 26.2 Å². The van der Waals surface area contributed by atoms with Crippen molar-refractivity contribution >= 4 is 5.91 Å². The Morgan fingerprint density at radius 3 is 2.58 bits per heavy atom. The maximum absolute atomic E-state index is 13.4. The molecule has 6 nitrogen and oxygen atoms in total. The van der Waals surface area contributed by atoms with Crippen molar-refractivity contribution in [1.82, 2.24) is 10.2 Å². The molecule has 0 saturated carbocycles. The lowest BCUT2D eigenvalue weighted by Crippen LogP contribution is -2.45. The van der Waals surface area contributed by atoms with Gasteiger partial charge in [0.1, 0.15) is 5.75 Å². The summed E-state index contributed by atoms with van der Waals surface area (Å²) in [6, 6.07) is 22.9. The number of aryl methyl sites for hydroxylation is 1. The molecule has 1 saturated heterocycles. The van der Waals surface area contributed by atoms with Crippen molar-refractivity contribution in [2.75, 3.05) is 27.0 Å². The average Bonchev–Trinajstić information content (AvgIpc) is 3.40. The Bertz CT molecular complexity index is 1190. The number of hydrogen-bond donors (Lipinski definition) is 1. The van der Waals surface area contributed by atoms with E-state index in [0.717, 1.165) is 55.3 Å². The molecular weight excluding hydrogens is 452 g/mol. The van der Waals surface area contributed by atoms with Gasteiger partial charge >= 0.3 is 0 Å². The minimum absolute atomic E-state index is 0.0887. The predicted molar refractivity (Wildman–Crippen MR) is 139 cm³/mol. The van der Waals surface area contributed by atoms with Crippen LogP contribution in [-0.2, 0) is 24.3 Å². The van der Waals surface area contributed by atoms with Crippen molar-refractivity contribution in [1.29, 1.82) is 0 Å². The highest BCUT2D eigenvalue weighted by Gasteiger charge is 2.32. The maximum atomic E-state index is 13.4. The first-order valence-electron chi connectivity index (χ1n) is 12.7. The fraction of sp³-hybridized carbons (Fsp3) is 0.367. The summed E-state index contributed by atoms with van der Waals surface area (Å²) in [6.45, 7) is 5.33. The normalized spacial score (nSPS) is 19.2. The highest BCUT2D eigenvalue weighted by molar-refractivity contribution is 5.79. The molecule has 188 valence electrons. The number of ether oxygens (including phenoxy) is 3. The second-order valence-corrected chi connectivity index (χ2v) is 9.68. The SMILES string of the molecule is CCc1ccc(C2CC(C(=O)NCc3ccc4c(c3)OCO4)CN(Cc3cccc(OC)c3)C2)cc1. The van der Waals surface area contributed by atoms with Crippen molar-refractivity contribution in [3.05, 3.63) is 89.0 Å². The minimum Gasteiger partial charge on any atom is -0.497 e. The molecule has 0 aliphatic carbocycles. The van der Waals surface area contributed by atoms with Crippen molar-refractivity contribution in [2.45, 2.75) is 38.8 Å². The number of nitrogens with zero attached hydrogens (tertiary/aromatic N) is 1. The Balaban J connectivity index is 1.30. The van der Waals surface area contributed by atoms with E-state index < -0.39 is 0 Å². The zero-order chi connectivity index (χ0) is 24.9. The van der Waals surface area contributed by atoms with E-state index in [1.807, 2.05) is 30.3 Å². The van der Waals surface area contributed by atoms with Gasteiger partial charge in [0.15, 0.2) is 11.5 Å². The highest BCUT2D eigenvalue weighted by atomic mass is 16.7. The number of benzene rings is 3. The van der Waals surface area contributed by atoms with Crippen LogP contribution < -0.4 is 19.5 Å². The number of fused-ring (bicyclic) bond motifs is 1. The largest absolute Gasteiger partial charge is 0.497 e. The van der Waals surface area contributed by atoms with Crippen LogP contribution in [0.1, 0.15) is 41.5 Å². The number of nitrogens with one attached hydrogen (secondary N) is 1. The zero-order valence-electron chi connectivity index (χ0n) is 21.0. The molecule has 3 aromatic rings. The Kier molecular flexibility index (Phi) is 7.42. The smallest absolute Gasteiger partial charge is 0.231 e. The second kappa shape index (κ2) is 11.0. The van der Waals surface area contributed by atoms with Crippen LogP contribution in [0.5, 0.6) is 17.2 Å². The Labute approximate surface area is 213 Å². The van der Waals surface area contributed by atoms with Crippen LogP contribution in [0.15, 0.2) is 66.7 Å². The molecule has 0 aromatic heterocycles. The number of methoxy groups -OCH3 is 1. The van der Waals surface area contributed by atoms with E-state index in [0.29, 0.717) is 12.5 Å². The van der Waals surface area contributed by atoms with E-state index in [2.05, 4.69) is 53.5 Å². The number of rotatable bonds is 8. The molecule has 2 aliphatic rings. The first-order chi connectivity index (χ1) is 17.6. The summed E-state index contributed by atoms with van der Waals surface area (Å²) in [5.41, 5.74) is 4.83. The van der Waals surface area contributed by atoms with Crippen LogP contribution >= 0.6 is 0 Å². The fourth-order valence-electron chi connectivity index (χ4n) is 5.19. The fourth-order valence-corrected chi connectivity index (χ4v) is 5.19. The third-order valence-corrected chi connectivity index (χ3v) is 7.20. The molecule has 2 unspecified atom stereocenters. The Hall–Kier alpha value is -3.51. The summed E-state index contributed by atoms with van der Waals surface area (Å²) in [5.74, 6) is 2.65. The third kappa shape index (κ3) is 5.65. The van der Waals surface area contributed by atoms with Gasteiger partial charge in [-0.3, -0.25) is 9.69 Å². The van der Waals surface area contributed by atoms with Crippen LogP contribution in [-0.4, -0.2) is 37.8 Å². The number of piperidine rings is 1. The van der Waals surface area contributed by atoms with Crippen LogP contribution in [0, 0.1) is 5.92 Å². The molecule has 5 rings (SSSR count). The molecule has 0 spiro atoms. The van der Waals surface area contributed by atoms with Gasteiger partial charge in [0.2, 0.25) is 12.7 Å². The molecule has 0 bridgehead atoms. The van der Waals surface area contributed by atoms with Gasteiger partial charge in [0.25, 0.3) is 0 Å². The van der Waals surface area contributed by atoms with Crippen LogP contribution in [0.2, 0.25) is 0 Å². The molecule has 0 radical (unpaired) electrons. The second-order valence-electron chi connectivity index (χ2n) is 9.68. The number of amides is 1. The van der Waals surface area contributed by atoms with Crippen LogP contribution in [0.25, 0.3) is 0 Å². The topological polar surface area (TPSA) is 60.0 Å². The molecule has 1 amide bonds. The molecule has 2 heterocycles. The summed E-state index contributed by atoms with van der Waals surface area (Å²) in [4.78, 5) is 15.8. The Morgan fingerprint density at radius 2 is 1.78 bits per heavy atom. The Morgan fingerprint density at radius 1 is 0.972 bits per heavy atom. The molecule has 36 heavy (non-hydrogen) atoms. The number of carbonyl (C=O) groups is 1. The summed E-state index contributed by atoms with van der Waals surface area (Å²) in [5, 5.41) is 3.17. The van der Waals surface area contributed by atoms with Crippen molar-refractivity contribution < 1.29 is 19.0 Å². The van der Waals surface area contributed by atoms with Gasteiger partial charge in [-0.1, -0.05) is 49.4 Å². The predicted octanol–water partition coefficient (Wildman–Crippen LogP) is 4.91. The zero-order valence-corrected chi connectivity index (χ0v) is 21.0. The summed E-state index contributed by atoms with van der Waals surface area (Å²) >= 11 is 0. The average molecular weight is 487 g/mol. The molecule has 1 fully saturated rings. The highest BCUT2D eigenvalue weighted by Crippen LogP contribution is 2.34. The lowest BCUT2D eigenvalue weighted by molar-refractivity contribution is -0.127. The summed E-state index contributed by atoms with van der Waals surface area (Å²) < 4.78 is 16.3. The molecule has 1 N–H and O–H groups in total. The van der Waals surface area contributed by atoms with E-state index in [1.165, 1.54) is 16.7 Å². The van der Waals surface area contributed by atoms with Gasteiger partial charge in [-0.15, -0.1) is 0 Å². The third-order valence-electron chi connectivity index (χ3n) is 7.20. The van der Waals surface area contributed by atoms with Gasteiger partial charge in [-0.25, -0.2) is 0 Å². The van der Waals surface area contributed by atoms with Crippen molar-refractivity contribution in [2.24, 2.45) is 5.92 Å². The van der Waals surface area contributed by atoms with Gasteiger partial charge in [0.05, 0.1) is 13.0 Å². The molecule has 6 heteroatoms. The monoisotopic (exact) mass is 486 g/mol. The maximum Gasteiger partial charge on any atom is 0.231 e. The van der Waals surface area contributed by atoms with Gasteiger partial charge < -0.3 is 19.5 Å². The van der Waals surface area contributed by atoms with E-state index in [4.69, 9.17) is 14.2 Å². The first kappa shape index (κ1) is 24.2. The van der Waals surface area contributed by atoms with Crippen LogP contribution in [0.3, 0.4) is 0 Å². The summed E-state index contributed by atoms with van der Waals surface area (Å²) in [6.07, 6.45) is 1.87. The van der Waals surface area contributed by atoms with Crippen molar-refractivity contribution in [3.63, 3.8) is 0 Å². The molecule has 3 aromatic carbocycles. The van der Waals surface area contributed by atoms with Crippen molar-refractivity contribution in [3.8, 4) is 17.2 Å².